The summed E-state index contributed by atoms with van der Waals surface area (Å²) >= 11 is 5.71. The molecule has 9 heteroatoms. The molecule has 0 spiro atoms. The van der Waals surface area contributed by atoms with Crippen molar-refractivity contribution in [2.75, 3.05) is 12.4 Å². The summed E-state index contributed by atoms with van der Waals surface area (Å²) < 4.78 is 7.47. The molecule has 186 valence electrons. The SMILES string of the molecule is Cn1c(C(CCCN=C(N)CCl)NC(=O)c2ccccc2C(=O)OC(C)(C)C)nc2ccccc21. The van der Waals surface area contributed by atoms with Crippen molar-refractivity contribution in [3.05, 3.63) is 65.5 Å². The Morgan fingerprint density at radius 1 is 1.14 bits per heavy atom. The predicted octanol–water partition coefficient (Wildman–Crippen LogP) is 4.38. The molecule has 0 fully saturated rings. The zero-order valence-corrected chi connectivity index (χ0v) is 21.3. The summed E-state index contributed by atoms with van der Waals surface area (Å²) in [6.07, 6.45) is 1.22. The molecule has 3 N–H and O–H groups in total. The van der Waals surface area contributed by atoms with Crippen molar-refractivity contribution in [2.24, 2.45) is 17.8 Å². The summed E-state index contributed by atoms with van der Waals surface area (Å²) in [5.41, 5.74) is 7.28. The fraction of sp³-hybridized carbons (Fsp3) is 0.385. The van der Waals surface area contributed by atoms with Crippen LogP contribution in [-0.2, 0) is 11.8 Å². The number of carbonyl (C=O) groups is 2. The number of hydrogen-bond donors (Lipinski definition) is 2. The molecule has 0 bridgehead atoms. The van der Waals surface area contributed by atoms with Gasteiger partial charge in [-0.25, -0.2) is 9.78 Å². The minimum atomic E-state index is -0.679. The largest absolute Gasteiger partial charge is 0.456 e. The number of amidine groups is 1. The third kappa shape index (κ3) is 6.82. The van der Waals surface area contributed by atoms with Gasteiger partial charge >= 0.3 is 5.97 Å². The van der Waals surface area contributed by atoms with E-state index in [-0.39, 0.29) is 22.9 Å². The zero-order chi connectivity index (χ0) is 25.6. The van der Waals surface area contributed by atoms with Crippen molar-refractivity contribution in [3.8, 4) is 0 Å². The van der Waals surface area contributed by atoms with E-state index < -0.39 is 17.6 Å². The van der Waals surface area contributed by atoms with Crippen LogP contribution in [-0.4, -0.2) is 45.3 Å². The van der Waals surface area contributed by atoms with E-state index >= 15 is 0 Å². The number of halogens is 1. The van der Waals surface area contributed by atoms with Crippen LogP contribution >= 0.6 is 11.6 Å². The number of ether oxygens (including phenoxy) is 1. The molecule has 0 saturated heterocycles. The highest BCUT2D eigenvalue weighted by molar-refractivity contribution is 6.27. The number of hydrogen-bond acceptors (Lipinski definition) is 5. The van der Waals surface area contributed by atoms with Gasteiger partial charge in [-0.15, -0.1) is 11.6 Å². The Balaban J connectivity index is 1.89. The van der Waals surface area contributed by atoms with Crippen molar-refractivity contribution < 1.29 is 14.3 Å². The van der Waals surface area contributed by atoms with Crippen LogP contribution in [0.25, 0.3) is 11.0 Å². The quantitative estimate of drug-likeness (QED) is 0.150. The molecular weight excluding hydrogens is 466 g/mol. The number of aromatic nitrogens is 2. The van der Waals surface area contributed by atoms with Crippen molar-refractivity contribution >= 4 is 40.3 Å². The van der Waals surface area contributed by atoms with Crippen molar-refractivity contribution in [3.63, 3.8) is 0 Å². The lowest BCUT2D eigenvalue weighted by Crippen LogP contribution is -2.32. The topological polar surface area (TPSA) is 112 Å². The van der Waals surface area contributed by atoms with Gasteiger partial charge in [-0.3, -0.25) is 9.79 Å². The number of aryl methyl sites for hydroxylation is 1. The van der Waals surface area contributed by atoms with E-state index in [0.717, 1.165) is 11.0 Å². The van der Waals surface area contributed by atoms with Crippen LogP contribution in [0.2, 0.25) is 0 Å². The maximum Gasteiger partial charge on any atom is 0.339 e. The highest BCUT2D eigenvalue weighted by Crippen LogP contribution is 2.24. The Kier molecular flexibility index (Phi) is 8.51. The number of benzene rings is 2. The second kappa shape index (κ2) is 11.4. The molecule has 1 aromatic heterocycles. The van der Waals surface area contributed by atoms with Gasteiger partial charge in [-0.05, 0) is 57.9 Å². The fourth-order valence-electron chi connectivity index (χ4n) is 3.73. The molecule has 3 aromatic rings. The first-order valence-electron chi connectivity index (χ1n) is 11.5. The Labute approximate surface area is 210 Å². The van der Waals surface area contributed by atoms with Crippen LogP contribution in [0.15, 0.2) is 53.5 Å². The number of alkyl halides is 1. The number of nitrogens with one attached hydrogen (secondary N) is 1. The molecule has 1 heterocycles. The van der Waals surface area contributed by atoms with Crippen LogP contribution in [0.4, 0.5) is 0 Å². The number of imidazole rings is 1. The number of esters is 1. The first kappa shape index (κ1) is 26.2. The third-order valence-electron chi connectivity index (χ3n) is 5.33. The Morgan fingerprint density at radius 2 is 1.80 bits per heavy atom. The van der Waals surface area contributed by atoms with Gasteiger partial charge in [0.2, 0.25) is 0 Å². The number of para-hydroxylation sites is 2. The molecule has 1 amide bonds. The van der Waals surface area contributed by atoms with Crippen molar-refractivity contribution in [1.29, 1.82) is 0 Å². The van der Waals surface area contributed by atoms with Gasteiger partial charge in [0.25, 0.3) is 5.91 Å². The molecule has 0 aliphatic heterocycles. The third-order valence-corrected chi connectivity index (χ3v) is 5.61. The highest BCUT2D eigenvalue weighted by atomic mass is 35.5. The van der Waals surface area contributed by atoms with Crippen LogP contribution in [0.3, 0.4) is 0 Å². The summed E-state index contributed by atoms with van der Waals surface area (Å²) in [6, 6.07) is 14.0. The lowest BCUT2D eigenvalue weighted by Gasteiger charge is -2.22. The summed E-state index contributed by atoms with van der Waals surface area (Å²) in [7, 11) is 1.92. The molecule has 1 unspecified atom stereocenters. The second-order valence-corrected chi connectivity index (χ2v) is 9.51. The van der Waals surface area contributed by atoms with Crippen LogP contribution in [0.5, 0.6) is 0 Å². The molecule has 0 radical (unpaired) electrons. The second-order valence-electron chi connectivity index (χ2n) is 9.24. The number of carbonyl (C=O) groups excluding carboxylic acids is 2. The molecule has 8 nitrogen and oxygen atoms in total. The number of nitrogens with two attached hydrogens (primary N) is 1. The van der Waals surface area contributed by atoms with Crippen LogP contribution in [0, 0.1) is 0 Å². The fourth-order valence-corrected chi connectivity index (χ4v) is 3.81. The summed E-state index contributed by atoms with van der Waals surface area (Å²) in [4.78, 5) is 35.2. The lowest BCUT2D eigenvalue weighted by molar-refractivity contribution is 0.00675. The smallest absolute Gasteiger partial charge is 0.339 e. The number of fused-ring (bicyclic) bond motifs is 1. The minimum absolute atomic E-state index is 0.173. The zero-order valence-electron chi connectivity index (χ0n) is 20.5. The molecule has 3 rings (SSSR count). The average molecular weight is 498 g/mol. The highest BCUT2D eigenvalue weighted by Gasteiger charge is 2.26. The number of amides is 1. The number of rotatable bonds is 9. The van der Waals surface area contributed by atoms with Gasteiger partial charge in [0, 0.05) is 13.6 Å². The average Bonchev–Trinajstić information content (AvgIpc) is 3.16. The summed E-state index contributed by atoms with van der Waals surface area (Å²) in [5.74, 6) is 0.331. The van der Waals surface area contributed by atoms with E-state index in [4.69, 9.17) is 27.1 Å². The number of nitrogens with zero attached hydrogens (tertiary/aromatic N) is 3. The van der Waals surface area contributed by atoms with Gasteiger partial charge in [0.15, 0.2) is 0 Å². The molecule has 0 aliphatic rings. The van der Waals surface area contributed by atoms with Crippen molar-refractivity contribution in [2.45, 2.75) is 45.3 Å². The molecule has 35 heavy (non-hydrogen) atoms. The molecule has 0 saturated carbocycles. The van der Waals surface area contributed by atoms with Gasteiger partial charge < -0.3 is 20.4 Å². The molecule has 1 atom stereocenters. The van der Waals surface area contributed by atoms with Gasteiger partial charge in [-0.1, -0.05) is 24.3 Å². The Morgan fingerprint density at radius 3 is 2.46 bits per heavy atom. The van der Waals surface area contributed by atoms with Crippen LogP contribution < -0.4 is 11.1 Å². The van der Waals surface area contributed by atoms with E-state index in [1.165, 1.54) is 0 Å². The standard InChI is InChI=1S/C26H32ClN5O3/c1-26(2,3)35-25(34)18-11-6-5-10-17(18)24(33)31-20(13-9-15-29-22(28)16-27)23-30-19-12-7-8-14-21(19)32(23)4/h5-8,10-12,14,20H,9,13,15-16H2,1-4H3,(H2,28,29)(H,31,33). The van der Waals surface area contributed by atoms with Gasteiger partial charge in [-0.2, -0.15) is 0 Å². The van der Waals surface area contributed by atoms with E-state index in [0.29, 0.717) is 31.0 Å². The van der Waals surface area contributed by atoms with Gasteiger partial charge in [0.05, 0.1) is 34.1 Å². The Hall–Kier alpha value is -3.39. The van der Waals surface area contributed by atoms with E-state index in [1.54, 1.807) is 45.0 Å². The van der Waals surface area contributed by atoms with Crippen molar-refractivity contribution in [1.82, 2.24) is 14.9 Å². The van der Waals surface area contributed by atoms with Gasteiger partial charge in [0.1, 0.15) is 17.3 Å². The summed E-state index contributed by atoms with van der Waals surface area (Å²) in [6.45, 7) is 5.84. The lowest BCUT2D eigenvalue weighted by atomic mass is 10.0. The molecule has 2 aromatic carbocycles. The maximum absolute atomic E-state index is 13.4. The predicted molar refractivity (Wildman–Crippen MR) is 139 cm³/mol. The first-order chi connectivity index (χ1) is 16.6. The molecular formula is C26H32ClN5O3. The maximum atomic E-state index is 13.4. The first-order valence-corrected chi connectivity index (χ1v) is 12.0. The Bertz CT molecular complexity index is 1230. The van der Waals surface area contributed by atoms with Crippen LogP contribution in [0.1, 0.15) is 66.2 Å². The summed E-state index contributed by atoms with van der Waals surface area (Å²) in [5, 5.41) is 3.08. The minimum Gasteiger partial charge on any atom is -0.456 e. The number of aliphatic imine (C=N–C) groups is 1. The monoisotopic (exact) mass is 497 g/mol. The van der Waals surface area contributed by atoms with E-state index in [2.05, 4.69) is 10.3 Å². The van der Waals surface area contributed by atoms with E-state index in [1.807, 2.05) is 35.9 Å². The van der Waals surface area contributed by atoms with E-state index in [9.17, 15) is 9.59 Å². The molecule has 0 aliphatic carbocycles. The normalized spacial score (nSPS) is 13.0.